The van der Waals surface area contributed by atoms with Crippen molar-refractivity contribution in [2.45, 2.75) is 13.5 Å². The minimum absolute atomic E-state index is 0.318. The van der Waals surface area contributed by atoms with E-state index in [2.05, 4.69) is 22.0 Å². The molecule has 0 saturated carbocycles. The first-order chi connectivity index (χ1) is 16.1. The first-order valence-corrected chi connectivity index (χ1v) is 11.7. The molecule has 1 heterocycles. The molecule has 0 aromatic heterocycles. The Morgan fingerprint density at radius 2 is 1.73 bits per heavy atom. The second-order valence-corrected chi connectivity index (χ2v) is 8.38. The molecule has 1 fully saturated rings. The molecular weight excluding hydrogens is 459 g/mol. The average molecular weight is 485 g/mol. The summed E-state index contributed by atoms with van der Waals surface area (Å²) in [7, 11) is 0. The third-order valence-electron chi connectivity index (χ3n) is 5.25. The summed E-state index contributed by atoms with van der Waals surface area (Å²) >= 11 is 12.2. The lowest BCUT2D eigenvalue weighted by atomic mass is 10.2. The van der Waals surface area contributed by atoms with Gasteiger partial charge in [-0.25, -0.2) is 0 Å². The lowest BCUT2D eigenvalue weighted by Crippen LogP contribution is -2.36. The highest BCUT2D eigenvalue weighted by molar-refractivity contribution is 6.35. The summed E-state index contributed by atoms with van der Waals surface area (Å²) in [6.07, 6.45) is 1.83. The van der Waals surface area contributed by atoms with Gasteiger partial charge in [0.1, 0.15) is 6.61 Å². The molecular formula is C26H26Cl2N2O3. The van der Waals surface area contributed by atoms with Crippen LogP contribution in [0.3, 0.4) is 0 Å². The summed E-state index contributed by atoms with van der Waals surface area (Å²) in [5, 5.41) is 1.17. The SMILES string of the molecule is CCOc1cc(C=Nc2ccc(N3CCOCC3)cc2)ccc1OCc1ccc(Cl)cc1Cl. The molecule has 0 atom stereocenters. The molecule has 0 aliphatic carbocycles. The number of ether oxygens (including phenoxy) is 3. The highest BCUT2D eigenvalue weighted by atomic mass is 35.5. The van der Waals surface area contributed by atoms with Crippen LogP contribution in [0, 0.1) is 0 Å². The van der Waals surface area contributed by atoms with Crippen molar-refractivity contribution in [2.24, 2.45) is 4.99 Å². The van der Waals surface area contributed by atoms with Gasteiger partial charge in [0.2, 0.25) is 0 Å². The lowest BCUT2D eigenvalue weighted by molar-refractivity contribution is 0.122. The second-order valence-electron chi connectivity index (χ2n) is 7.54. The van der Waals surface area contributed by atoms with E-state index in [1.165, 1.54) is 5.69 Å². The van der Waals surface area contributed by atoms with E-state index in [1.54, 1.807) is 12.1 Å². The van der Waals surface area contributed by atoms with Crippen LogP contribution in [-0.4, -0.2) is 39.1 Å². The molecule has 172 valence electrons. The molecule has 0 amide bonds. The molecule has 0 spiro atoms. The van der Waals surface area contributed by atoms with E-state index in [-0.39, 0.29) is 0 Å². The van der Waals surface area contributed by atoms with Gasteiger partial charge in [-0.1, -0.05) is 29.3 Å². The molecule has 1 aliphatic rings. The van der Waals surface area contributed by atoms with Crippen molar-refractivity contribution in [3.05, 3.63) is 81.8 Å². The third kappa shape index (κ3) is 6.41. The van der Waals surface area contributed by atoms with Gasteiger partial charge in [-0.3, -0.25) is 4.99 Å². The summed E-state index contributed by atoms with van der Waals surface area (Å²) in [5.74, 6) is 1.31. The van der Waals surface area contributed by atoms with Gasteiger partial charge in [0.15, 0.2) is 11.5 Å². The highest BCUT2D eigenvalue weighted by Gasteiger charge is 2.11. The van der Waals surface area contributed by atoms with E-state index in [0.29, 0.717) is 34.8 Å². The molecule has 3 aromatic rings. The maximum atomic E-state index is 6.25. The lowest BCUT2D eigenvalue weighted by Gasteiger charge is -2.28. The Bertz CT molecular complexity index is 1100. The molecule has 1 aliphatic heterocycles. The van der Waals surface area contributed by atoms with Gasteiger partial charge in [0.05, 0.1) is 25.5 Å². The van der Waals surface area contributed by atoms with Crippen LogP contribution in [0.25, 0.3) is 0 Å². The van der Waals surface area contributed by atoms with E-state index in [0.717, 1.165) is 43.1 Å². The van der Waals surface area contributed by atoms with Gasteiger partial charge < -0.3 is 19.1 Å². The minimum atomic E-state index is 0.318. The predicted molar refractivity (Wildman–Crippen MR) is 135 cm³/mol. The molecule has 0 bridgehead atoms. The van der Waals surface area contributed by atoms with Crippen LogP contribution in [0.4, 0.5) is 11.4 Å². The van der Waals surface area contributed by atoms with Gasteiger partial charge in [0.25, 0.3) is 0 Å². The summed E-state index contributed by atoms with van der Waals surface area (Å²) in [4.78, 5) is 6.93. The zero-order valence-corrected chi connectivity index (χ0v) is 20.0. The minimum Gasteiger partial charge on any atom is -0.490 e. The number of anilines is 1. The fourth-order valence-corrected chi connectivity index (χ4v) is 3.97. The van der Waals surface area contributed by atoms with Gasteiger partial charge in [-0.2, -0.15) is 0 Å². The number of halogens is 2. The number of morpholine rings is 1. The maximum absolute atomic E-state index is 6.25. The maximum Gasteiger partial charge on any atom is 0.161 e. The molecule has 7 heteroatoms. The van der Waals surface area contributed by atoms with Crippen molar-refractivity contribution in [1.82, 2.24) is 0 Å². The Labute approximate surface area is 204 Å². The first-order valence-electron chi connectivity index (χ1n) is 10.9. The van der Waals surface area contributed by atoms with Crippen molar-refractivity contribution < 1.29 is 14.2 Å². The third-order valence-corrected chi connectivity index (χ3v) is 5.84. The monoisotopic (exact) mass is 484 g/mol. The smallest absolute Gasteiger partial charge is 0.161 e. The van der Waals surface area contributed by atoms with Crippen molar-refractivity contribution in [2.75, 3.05) is 37.8 Å². The fourth-order valence-electron chi connectivity index (χ4n) is 3.51. The topological polar surface area (TPSA) is 43.3 Å². The Kier molecular flexibility index (Phi) is 8.10. The van der Waals surface area contributed by atoms with Crippen LogP contribution < -0.4 is 14.4 Å². The summed E-state index contributed by atoms with van der Waals surface area (Å²) < 4.78 is 17.2. The van der Waals surface area contributed by atoms with Gasteiger partial charge >= 0.3 is 0 Å². The van der Waals surface area contributed by atoms with Gasteiger partial charge in [-0.05, 0) is 67.1 Å². The zero-order valence-electron chi connectivity index (χ0n) is 18.5. The predicted octanol–water partition coefficient (Wildman–Crippen LogP) is 6.56. The molecule has 0 radical (unpaired) electrons. The Morgan fingerprint density at radius 1 is 0.939 bits per heavy atom. The van der Waals surface area contributed by atoms with E-state index >= 15 is 0 Å². The highest BCUT2D eigenvalue weighted by Crippen LogP contribution is 2.30. The molecule has 0 N–H and O–H groups in total. The van der Waals surface area contributed by atoms with Crippen LogP contribution in [-0.2, 0) is 11.3 Å². The molecule has 0 unspecified atom stereocenters. The van der Waals surface area contributed by atoms with Gasteiger partial charge in [-0.15, -0.1) is 0 Å². The first kappa shape index (κ1) is 23.4. The van der Waals surface area contributed by atoms with E-state index in [9.17, 15) is 0 Å². The molecule has 5 nitrogen and oxygen atoms in total. The zero-order chi connectivity index (χ0) is 23.0. The number of hydrogen-bond donors (Lipinski definition) is 0. The Hall–Kier alpha value is -2.73. The van der Waals surface area contributed by atoms with Crippen molar-refractivity contribution in [1.29, 1.82) is 0 Å². The normalized spacial score (nSPS) is 14.0. The van der Waals surface area contributed by atoms with Crippen LogP contribution in [0.2, 0.25) is 10.0 Å². The summed E-state index contributed by atoms with van der Waals surface area (Å²) in [6.45, 7) is 6.17. The number of aliphatic imine (C=N–C) groups is 1. The van der Waals surface area contributed by atoms with E-state index in [1.807, 2.05) is 49.5 Å². The fraction of sp³-hybridized carbons (Fsp3) is 0.269. The summed E-state index contributed by atoms with van der Waals surface area (Å²) in [6, 6.07) is 19.4. The van der Waals surface area contributed by atoms with Crippen LogP contribution in [0.5, 0.6) is 11.5 Å². The van der Waals surface area contributed by atoms with Crippen molar-refractivity contribution >= 4 is 40.8 Å². The van der Waals surface area contributed by atoms with Crippen LogP contribution >= 0.6 is 23.2 Å². The molecule has 33 heavy (non-hydrogen) atoms. The number of benzene rings is 3. The number of nitrogens with zero attached hydrogens (tertiary/aromatic N) is 2. The van der Waals surface area contributed by atoms with Crippen LogP contribution in [0.1, 0.15) is 18.1 Å². The van der Waals surface area contributed by atoms with Crippen molar-refractivity contribution in [3.8, 4) is 11.5 Å². The van der Waals surface area contributed by atoms with E-state index < -0.39 is 0 Å². The quantitative estimate of drug-likeness (QED) is 0.339. The Balaban J connectivity index is 1.43. The Morgan fingerprint density at radius 3 is 2.45 bits per heavy atom. The van der Waals surface area contributed by atoms with Crippen molar-refractivity contribution in [3.63, 3.8) is 0 Å². The molecule has 1 saturated heterocycles. The molecule has 3 aromatic carbocycles. The molecule has 4 rings (SSSR count). The second kappa shape index (κ2) is 11.4. The number of hydrogen-bond acceptors (Lipinski definition) is 5. The van der Waals surface area contributed by atoms with Gasteiger partial charge in [0, 0.05) is 40.6 Å². The number of rotatable bonds is 8. The largest absolute Gasteiger partial charge is 0.490 e. The standard InChI is InChI=1S/C26H26Cl2N2O3/c1-2-32-26-15-19(3-10-25(26)33-18-20-4-5-21(27)16-24(20)28)17-29-22-6-8-23(9-7-22)30-11-13-31-14-12-30/h3-10,15-17H,2,11-14,18H2,1H3. The average Bonchev–Trinajstić information content (AvgIpc) is 2.84. The summed E-state index contributed by atoms with van der Waals surface area (Å²) in [5.41, 5.74) is 3.86. The van der Waals surface area contributed by atoms with Crippen LogP contribution in [0.15, 0.2) is 65.7 Å². The van der Waals surface area contributed by atoms with E-state index in [4.69, 9.17) is 37.4 Å².